The second-order valence-corrected chi connectivity index (χ2v) is 6.65. The van der Waals surface area contributed by atoms with Gasteiger partial charge >= 0.3 is 0 Å². The number of carboxylic acid groups (broad SMARTS) is 1. The van der Waals surface area contributed by atoms with E-state index in [0.717, 1.165) is 11.1 Å². The van der Waals surface area contributed by atoms with Crippen LogP contribution >= 0.6 is 11.6 Å². The third-order valence-corrected chi connectivity index (χ3v) is 5.01. The smallest absolute Gasteiger partial charge is 0.228 e. The molecule has 3 rings (SSSR count). The predicted octanol–water partition coefficient (Wildman–Crippen LogP) is 2.08. The number of carboxylic acids is 1. The molecule has 1 aromatic carbocycles. The lowest BCUT2D eigenvalue weighted by Gasteiger charge is -2.28. The summed E-state index contributed by atoms with van der Waals surface area (Å²) in [4.78, 5) is 24.0. The number of anilines is 1. The number of fused-ring (bicyclic) bond motifs is 2. The van der Waals surface area contributed by atoms with Crippen molar-refractivity contribution in [2.24, 2.45) is 23.7 Å². The van der Waals surface area contributed by atoms with Crippen LogP contribution < -0.4 is 10.4 Å². The molecular formula is C17H17ClNO3-. The number of aliphatic carboxylic acids is 1. The Bertz CT molecular complexity index is 659. The number of nitrogens with one attached hydrogen (secondary N) is 1. The number of hydrogen-bond acceptors (Lipinski definition) is 3. The highest BCUT2D eigenvalue weighted by Gasteiger charge is 2.48. The Labute approximate surface area is 134 Å². The number of carbonyl (C=O) groups excluding carboxylic acids is 2. The zero-order chi connectivity index (χ0) is 16.0. The van der Waals surface area contributed by atoms with E-state index in [2.05, 4.69) is 5.32 Å². The average Bonchev–Trinajstić information content (AvgIpc) is 3.02. The summed E-state index contributed by atoms with van der Waals surface area (Å²) < 4.78 is 0. The first-order valence-corrected chi connectivity index (χ1v) is 7.73. The van der Waals surface area contributed by atoms with Gasteiger partial charge in [0.05, 0.1) is 16.6 Å². The van der Waals surface area contributed by atoms with E-state index >= 15 is 0 Å². The van der Waals surface area contributed by atoms with Gasteiger partial charge in [0.2, 0.25) is 5.91 Å². The van der Waals surface area contributed by atoms with Crippen LogP contribution in [0.1, 0.15) is 17.5 Å². The molecule has 0 aliphatic heterocycles. The highest BCUT2D eigenvalue weighted by molar-refractivity contribution is 6.34. The maximum Gasteiger partial charge on any atom is 0.228 e. The Morgan fingerprint density at radius 3 is 2.41 bits per heavy atom. The van der Waals surface area contributed by atoms with Gasteiger partial charge in [-0.05, 0) is 49.3 Å². The van der Waals surface area contributed by atoms with Crippen molar-refractivity contribution in [3.63, 3.8) is 0 Å². The minimum absolute atomic E-state index is 0.0302. The number of benzene rings is 1. The minimum atomic E-state index is -1.15. The fourth-order valence-corrected chi connectivity index (χ4v) is 4.15. The fourth-order valence-electron chi connectivity index (χ4n) is 3.78. The van der Waals surface area contributed by atoms with E-state index in [0.29, 0.717) is 17.1 Å². The average molecular weight is 319 g/mol. The molecule has 1 aromatic rings. The molecule has 0 aromatic heterocycles. The Hall–Kier alpha value is -1.81. The van der Waals surface area contributed by atoms with Gasteiger partial charge in [0.15, 0.2) is 0 Å². The van der Waals surface area contributed by atoms with Crippen molar-refractivity contribution >= 4 is 29.2 Å². The Balaban J connectivity index is 1.86. The number of aryl methyl sites for hydroxylation is 2. The zero-order valence-electron chi connectivity index (χ0n) is 12.4. The highest BCUT2D eigenvalue weighted by atomic mass is 35.5. The first-order valence-electron chi connectivity index (χ1n) is 7.35. The third kappa shape index (κ3) is 2.41. The van der Waals surface area contributed by atoms with Gasteiger partial charge in [-0.25, -0.2) is 0 Å². The van der Waals surface area contributed by atoms with E-state index in [1.165, 1.54) is 0 Å². The van der Waals surface area contributed by atoms with Crippen LogP contribution in [0.4, 0.5) is 5.69 Å². The van der Waals surface area contributed by atoms with Crippen molar-refractivity contribution in [2.75, 3.05) is 5.32 Å². The van der Waals surface area contributed by atoms with Gasteiger partial charge in [-0.3, -0.25) is 4.79 Å². The lowest BCUT2D eigenvalue weighted by Crippen LogP contribution is -2.43. The number of amides is 1. The Kier molecular flexibility index (Phi) is 3.73. The molecule has 4 atom stereocenters. The molecule has 1 N–H and O–H groups in total. The van der Waals surface area contributed by atoms with Crippen molar-refractivity contribution in [1.29, 1.82) is 0 Å². The zero-order valence-corrected chi connectivity index (χ0v) is 13.2. The molecule has 5 heteroatoms. The number of carbonyl (C=O) groups is 2. The van der Waals surface area contributed by atoms with Gasteiger partial charge in [-0.15, -0.1) is 0 Å². The van der Waals surface area contributed by atoms with E-state index in [1.807, 2.05) is 32.1 Å². The number of hydrogen-bond donors (Lipinski definition) is 1. The molecule has 2 aliphatic rings. The molecule has 2 aliphatic carbocycles. The van der Waals surface area contributed by atoms with Gasteiger partial charge in [-0.2, -0.15) is 0 Å². The van der Waals surface area contributed by atoms with Crippen molar-refractivity contribution in [2.45, 2.75) is 20.3 Å². The standard InChI is InChI=1S/C17H18ClNO3/c1-8-5-9(2)15(12(18)6-8)19-16(20)13-10-3-4-11(7-10)14(13)17(21)22/h3-6,10-11,13-14H,7H2,1-2H3,(H,19,20)(H,21,22)/p-1. The van der Waals surface area contributed by atoms with E-state index < -0.39 is 17.8 Å². The van der Waals surface area contributed by atoms with Crippen LogP contribution in [0, 0.1) is 37.5 Å². The number of rotatable bonds is 3. The summed E-state index contributed by atoms with van der Waals surface area (Å²) in [6, 6.07) is 3.71. The van der Waals surface area contributed by atoms with Gasteiger partial charge < -0.3 is 15.2 Å². The molecule has 4 unspecified atom stereocenters. The summed E-state index contributed by atoms with van der Waals surface area (Å²) in [5, 5.41) is 14.7. The Morgan fingerprint density at radius 1 is 1.18 bits per heavy atom. The molecule has 0 saturated heterocycles. The topological polar surface area (TPSA) is 69.2 Å². The van der Waals surface area contributed by atoms with Crippen LogP contribution in [0.15, 0.2) is 24.3 Å². The number of halogens is 1. The van der Waals surface area contributed by atoms with Crippen LogP contribution in [0.5, 0.6) is 0 Å². The molecular weight excluding hydrogens is 302 g/mol. The molecule has 0 heterocycles. The second-order valence-electron chi connectivity index (χ2n) is 6.25. The maximum atomic E-state index is 12.6. The summed E-state index contributed by atoms with van der Waals surface area (Å²) >= 11 is 6.21. The quantitative estimate of drug-likeness (QED) is 0.868. The summed E-state index contributed by atoms with van der Waals surface area (Å²) in [5.74, 6) is -2.90. The van der Waals surface area contributed by atoms with E-state index in [4.69, 9.17) is 11.6 Å². The molecule has 1 amide bonds. The maximum absolute atomic E-state index is 12.6. The monoisotopic (exact) mass is 318 g/mol. The largest absolute Gasteiger partial charge is 0.550 e. The summed E-state index contributed by atoms with van der Waals surface area (Å²) in [6.07, 6.45) is 4.54. The van der Waals surface area contributed by atoms with Crippen LogP contribution in [0.25, 0.3) is 0 Å². The molecule has 1 fully saturated rings. The van der Waals surface area contributed by atoms with Crippen LogP contribution in [0.2, 0.25) is 5.02 Å². The fraction of sp³-hybridized carbons (Fsp3) is 0.412. The van der Waals surface area contributed by atoms with Crippen LogP contribution in [-0.2, 0) is 9.59 Å². The normalized spacial score (nSPS) is 28.9. The molecule has 4 nitrogen and oxygen atoms in total. The molecule has 0 radical (unpaired) electrons. The number of allylic oxidation sites excluding steroid dienone is 2. The van der Waals surface area contributed by atoms with Gasteiger partial charge in [0.1, 0.15) is 0 Å². The summed E-state index contributed by atoms with van der Waals surface area (Å²) in [7, 11) is 0. The van der Waals surface area contributed by atoms with E-state index in [-0.39, 0.29) is 17.7 Å². The second kappa shape index (κ2) is 5.43. The first kappa shape index (κ1) is 15.1. The van der Waals surface area contributed by atoms with Crippen molar-refractivity contribution in [3.8, 4) is 0 Å². The Morgan fingerprint density at radius 2 is 1.82 bits per heavy atom. The summed E-state index contributed by atoms with van der Waals surface area (Å²) in [6.45, 7) is 3.79. The van der Waals surface area contributed by atoms with Gasteiger partial charge in [0, 0.05) is 11.9 Å². The first-order chi connectivity index (χ1) is 10.4. The molecule has 116 valence electrons. The van der Waals surface area contributed by atoms with E-state index in [1.54, 1.807) is 6.07 Å². The van der Waals surface area contributed by atoms with Gasteiger partial charge in [0.25, 0.3) is 0 Å². The highest BCUT2D eigenvalue weighted by Crippen LogP contribution is 2.48. The molecule has 2 bridgehead atoms. The molecule has 1 saturated carbocycles. The third-order valence-electron chi connectivity index (χ3n) is 4.71. The van der Waals surface area contributed by atoms with E-state index in [9.17, 15) is 14.7 Å². The molecule has 22 heavy (non-hydrogen) atoms. The summed E-state index contributed by atoms with van der Waals surface area (Å²) in [5.41, 5.74) is 2.43. The van der Waals surface area contributed by atoms with Gasteiger partial charge in [-0.1, -0.05) is 29.8 Å². The van der Waals surface area contributed by atoms with Crippen molar-refractivity contribution in [3.05, 3.63) is 40.4 Å². The predicted molar refractivity (Wildman–Crippen MR) is 82.3 cm³/mol. The SMILES string of the molecule is Cc1cc(C)c(NC(=O)C2C3C=CC(C3)C2C(=O)[O-])c(Cl)c1. The van der Waals surface area contributed by atoms with Crippen LogP contribution in [0.3, 0.4) is 0 Å². The van der Waals surface area contributed by atoms with Crippen molar-refractivity contribution in [1.82, 2.24) is 0 Å². The molecule has 0 spiro atoms. The van der Waals surface area contributed by atoms with Crippen LogP contribution in [-0.4, -0.2) is 11.9 Å². The lowest BCUT2D eigenvalue weighted by molar-refractivity contribution is -0.313. The lowest BCUT2D eigenvalue weighted by atomic mass is 9.82. The minimum Gasteiger partial charge on any atom is -0.550 e. The van der Waals surface area contributed by atoms with Crippen molar-refractivity contribution < 1.29 is 14.7 Å².